The van der Waals surface area contributed by atoms with E-state index in [-0.39, 0.29) is 0 Å². The van der Waals surface area contributed by atoms with Crippen LogP contribution in [0.2, 0.25) is 0 Å². The zero-order valence-electron chi connectivity index (χ0n) is 14.0. The SMILES string of the molecule is O=C(CCCc1cccs1)N1CCCN(CCn2cnnc2)CC1. The fraction of sp³-hybridized carbons (Fsp3) is 0.588. The zero-order chi connectivity index (χ0) is 16.6. The van der Waals surface area contributed by atoms with Gasteiger partial charge in [-0.15, -0.1) is 21.5 Å². The first-order chi connectivity index (χ1) is 11.8. The highest BCUT2D eigenvalue weighted by molar-refractivity contribution is 7.09. The van der Waals surface area contributed by atoms with E-state index in [0.717, 1.165) is 58.5 Å². The molecule has 0 aromatic carbocycles. The van der Waals surface area contributed by atoms with E-state index in [2.05, 4.69) is 32.6 Å². The number of hydrogen-bond donors (Lipinski definition) is 0. The van der Waals surface area contributed by atoms with Gasteiger partial charge in [-0.3, -0.25) is 9.69 Å². The Hall–Kier alpha value is -1.73. The topological polar surface area (TPSA) is 54.3 Å². The van der Waals surface area contributed by atoms with Crippen LogP contribution in [0, 0.1) is 0 Å². The summed E-state index contributed by atoms with van der Waals surface area (Å²) < 4.78 is 2.00. The molecular formula is C17H25N5OS. The van der Waals surface area contributed by atoms with E-state index in [9.17, 15) is 4.79 Å². The molecule has 6 nitrogen and oxygen atoms in total. The molecule has 3 rings (SSSR count). The first-order valence-corrected chi connectivity index (χ1v) is 9.54. The molecule has 2 aromatic heterocycles. The van der Waals surface area contributed by atoms with Crippen LogP contribution in [0.4, 0.5) is 0 Å². The second-order valence-electron chi connectivity index (χ2n) is 6.21. The highest BCUT2D eigenvalue weighted by atomic mass is 32.1. The number of thiophene rings is 1. The summed E-state index contributed by atoms with van der Waals surface area (Å²) in [4.78, 5) is 18.3. The summed E-state index contributed by atoms with van der Waals surface area (Å²) in [6, 6.07) is 4.22. The molecule has 0 radical (unpaired) electrons. The molecule has 1 aliphatic rings. The molecule has 130 valence electrons. The lowest BCUT2D eigenvalue weighted by Crippen LogP contribution is -2.35. The quantitative estimate of drug-likeness (QED) is 0.768. The van der Waals surface area contributed by atoms with Crippen molar-refractivity contribution in [2.75, 3.05) is 32.7 Å². The van der Waals surface area contributed by atoms with Crippen LogP contribution in [-0.4, -0.2) is 63.2 Å². The van der Waals surface area contributed by atoms with Crippen LogP contribution < -0.4 is 0 Å². The Morgan fingerprint density at radius 2 is 2.00 bits per heavy atom. The third-order valence-corrected chi connectivity index (χ3v) is 5.41. The largest absolute Gasteiger partial charge is 0.341 e. The number of amides is 1. The Labute approximate surface area is 147 Å². The number of hydrogen-bond acceptors (Lipinski definition) is 5. The molecular weight excluding hydrogens is 322 g/mol. The van der Waals surface area contributed by atoms with Gasteiger partial charge in [-0.1, -0.05) is 6.07 Å². The fourth-order valence-electron chi connectivity index (χ4n) is 3.07. The molecule has 2 aromatic rings. The second kappa shape index (κ2) is 8.94. The molecule has 1 saturated heterocycles. The molecule has 24 heavy (non-hydrogen) atoms. The second-order valence-corrected chi connectivity index (χ2v) is 7.24. The fourth-order valence-corrected chi connectivity index (χ4v) is 3.82. The summed E-state index contributed by atoms with van der Waals surface area (Å²) in [6.45, 7) is 5.64. The lowest BCUT2D eigenvalue weighted by atomic mass is 10.2. The average molecular weight is 347 g/mol. The Morgan fingerprint density at radius 3 is 2.79 bits per heavy atom. The minimum absolute atomic E-state index is 0.312. The maximum Gasteiger partial charge on any atom is 0.222 e. The van der Waals surface area contributed by atoms with Gasteiger partial charge in [0.15, 0.2) is 0 Å². The number of carbonyl (C=O) groups excluding carboxylic acids is 1. The monoisotopic (exact) mass is 347 g/mol. The number of carbonyl (C=O) groups is 1. The van der Waals surface area contributed by atoms with E-state index in [1.807, 2.05) is 9.47 Å². The van der Waals surface area contributed by atoms with Crippen LogP contribution in [0.1, 0.15) is 24.1 Å². The van der Waals surface area contributed by atoms with Crippen molar-refractivity contribution in [3.05, 3.63) is 35.0 Å². The number of nitrogens with zero attached hydrogens (tertiary/aromatic N) is 5. The minimum atomic E-state index is 0.312. The molecule has 0 N–H and O–H groups in total. The average Bonchev–Trinajstić information content (AvgIpc) is 3.24. The van der Waals surface area contributed by atoms with Gasteiger partial charge in [0, 0.05) is 44.0 Å². The van der Waals surface area contributed by atoms with Crippen LogP contribution in [0.3, 0.4) is 0 Å². The summed E-state index contributed by atoms with van der Waals surface area (Å²) in [6.07, 6.45) is 7.19. The lowest BCUT2D eigenvalue weighted by molar-refractivity contribution is -0.131. The van der Waals surface area contributed by atoms with Gasteiger partial charge in [0.2, 0.25) is 5.91 Å². The van der Waals surface area contributed by atoms with Crippen molar-refractivity contribution in [3.8, 4) is 0 Å². The lowest BCUT2D eigenvalue weighted by Gasteiger charge is -2.22. The van der Waals surface area contributed by atoms with Gasteiger partial charge < -0.3 is 9.47 Å². The van der Waals surface area contributed by atoms with Gasteiger partial charge >= 0.3 is 0 Å². The van der Waals surface area contributed by atoms with Crippen molar-refractivity contribution < 1.29 is 4.79 Å². The molecule has 1 aliphatic heterocycles. The van der Waals surface area contributed by atoms with Crippen LogP contribution in [0.25, 0.3) is 0 Å². The number of rotatable bonds is 7. The van der Waals surface area contributed by atoms with Gasteiger partial charge in [-0.2, -0.15) is 0 Å². The summed E-state index contributed by atoms with van der Waals surface area (Å²) in [5.41, 5.74) is 0. The Bertz CT molecular complexity index is 599. The van der Waals surface area contributed by atoms with Crippen LogP contribution in [-0.2, 0) is 17.8 Å². The summed E-state index contributed by atoms with van der Waals surface area (Å²) in [5.74, 6) is 0.312. The van der Waals surface area contributed by atoms with E-state index >= 15 is 0 Å². The Balaban J connectivity index is 1.37. The maximum absolute atomic E-state index is 12.4. The van der Waals surface area contributed by atoms with E-state index in [0.29, 0.717) is 12.3 Å². The predicted octanol–water partition coefficient (Wildman–Crippen LogP) is 1.90. The van der Waals surface area contributed by atoms with Crippen molar-refractivity contribution in [3.63, 3.8) is 0 Å². The summed E-state index contributed by atoms with van der Waals surface area (Å²) in [7, 11) is 0. The van der Waals surface area contributed by atoms with E-state index in [1.165, 1.54) is 4.88 Å². The highest BCUT2D eigenvalue weighted by Crippen LogP contribution is 2.13. The molecule has 7 heteroatoms. The van der Waals surface area contributed by atoms with Crippen LogP contribution in [0.15, 0.2) is 30.2 Å². The normalized spacial score (nSPS) is 16.2. The molecule has 0 unspecified atom stereocenters. The highest BCUT2D eigenvalue weighted by Gasteiger charge is 2.18. The molecule has 1 fully saturated rings. The first-order valence-electron chi connectivity index (χ1n) is 8.66. The van der Waals surface area contributed by atoms with Crippen molar-refractivity contribution in [1.82, 2.24) is 24.6 Å². The third kappa shape index (κ3) is 5.14. The molecule has 0 spiro atoms. The van der Waals surface area contributed by atoms with Crippen LogP contribution >= 0.6 is 11.3 Å². The van der Waals surface area contributed by atoms with Gasteiger partial charge in [-0.05, 0) is 37.3 Å². The van der Waals surface area contributed by atoms with Gasteiger partial charge in [0.05, 0.1) is 0 Å². The zero-order valence-corrected chi connectivity index (χ0v) is 14.8. The minimum Gasteiger partial charge on any atom is -0.341 e. The smallest absolute Gasteiger partial charge is 0.222 e. The molecule has 3 heterocycles. The molecule has 0 saturated carbocycles. The maximum atomic E-state index is 12.4. The van der Waals surface area contributed by atoms with Crippen molar-refractivity contribution in [1.29, 1.82) is 0 Å². The van der Waals surface area contributed by atoms with Gasteiger partial charge in [0.25, 0.3) is 0 Å². The third-order valence-electron chi connectivity index (χ3n) is 4.48. The summed E-state index contributed by atoms with van der Waals surface area (Å²) in [5, 5.41) is 9.76. The number of aryl methyl sites for hydroxylation is 1. The van der Waals surface area contributed by atoms with Gasteiger partial charge in [-0.25, -0.2) is 0 Å². The molecule has 0 atom stereocenters. The molecule has 1 amide bonds. The predicted molar refractivity (Wildman–Crippen MR) is 94.9 cm³/mol. The molecule has 0 bridgehead atoms. The van der Waals surface area contributed by atoms with E-state index in [1.54, 1.807) is 24.0 Å². The van der Waals surface area contributed by atoms with Crippen molar-refractivity contribution >= 4 is 17.2 Å². The van der Waals surface area contributed by atoms with E-state index < -0.39 is 0 Å². The Morgan fingerprint density at radius 1 is 1.12 bits per heavy atom. The van der Waals surface area contributed by atoms with Crippen molar-refractivity contribution in [2.45, 2.75) is 32.2 Å². The molecule has 0 aliphatic carbocycles. The van der Waals surface area contributed by atoms with Crippen LogP contribution in [0.5, 0.6) is 0 Å². The first kappa shape index (κ1) is 17.1. The van der Waals surface area contributed by atoms with Crippen molar-refractivity contribution in [2.24, 2.45) is 0 Å². The van der Waals surface area contributed by atoms with E-state index in [4.69, 9.17) is 0 Å². The number of aromatic nitrogens is 3. The Kier molecular flexibility index (Phi) is 6.37. The standard InChI is InChI=1S/C17H25N5OS/c23-17(6-1-4-16-5-2-13-24-16)22-8-3-7-20(11-12-22)9-10-21-14-18-19-15-21/h2,5,13-15H,1,3-4,6-12H2. The summed E-state index contributed by atoms with van der Waals surface area (Å²) >= 11 is 1.78. The van der Waals surface area contributed by atoms with Gasteiger partial charge in [0.1, 0.15) is 12.7 Å².